The van der Waals surface area contributed by atoms with Crippen molar-refractivity contribution in [3.8, 4) is 0 Å². The summed E-state index contributed by atoms with van der Waals surface area (Å²) in [4.78, 5) is 27.7. The number of imidazole rings is 1. The lowest BCUT2D eigenvalue weighted by Gasteiger charge is -2.32. The van der Waals surface area contributed by atoms with Gasteiger partial charge in [-0.05, 0) is 56.0 Å². The summed E-state index contributed by atoms with van der Waals surface area (Å²) in [7, 11) is 1.70. The molecule has 0 unspecified atom stereocenters. The summed E-state index contributed by atoms with van der Waals surface area (Å²) >= 11 is 0. The quantitative estimate of drug-likeness (QED) is 0.331. The normalized spacial score (nSPS) is 16.6. The van der Waals surface area contributed by atoms with Gasteiger partial charge in [-0.25, -0.2) is 9.97 Å². The molecule has 2 aromatic carbocycles. The number of ether oxygens (including phenoxy) is 1. The predicted octanol–water partition coefficient (Wildman–Crippen LogP) is 4.30. The molecule has 0 spiro atoms. The maximum Gasteiger partial charge on any atom is 0.238 e. The van der Waals surface area contributed by atoms with Crippen LogP contribution in [0.2, 0.25) is 0 Å². The number of anilines is 2. The number of aromatic amines is 1. The number of hydrogen-bond donors (Lipinski definition) is 3. The number of hydrogen-bond acceptors (Lipinski definition) is 6. The van der Waals surface area contributed by atoms with Gasteiger partial charge in [0, 0.05) is 42.9 Å². The fourth-order valence-corrected chi connectivity index (χ4v) is 4.89. The molecular weight excluding hydrogens is 440 g/mol. The van der Waals surface area contributed by atoms with Gasteiger partial charge in [0.25, 0.3) is 0 Å². The number of fused-ring (bicyclic) bond motifs is 2. The van der Waals surface area contributed by atoms with Crippen LogP contribution in [0, 0.1) is 6.92 Å². The van der Waals surface area contributed by atoms with Gasteiger partial charge in [-0.3, -0.25) is 9.69 Å². The van der Waals surface area contributed by atoms with Crippen LogP contribution in [0.25, 0.3) is 21.8 Å². The SMILES string of the molecule is COCCNc1nc([C@@H]2CCCN(CC(=O)Nc3ccc4nc(C)[nH]c4c3)C2)cc2ccccc12. The molecule has 8 heteroatoms. The lowest BCUT2D eigenvalue weighted by Crippen LogP contribution is -2.40. The van der Waals surface area contributed by atoms with E-state index in [1.807, 2.05) is 31.2 Å². The van der Waals surface area contributed by atoms with Crippen molar-refractivity contribution in [3.63, 3.8) is 0 Å². The molecular formula is C27H32N6O2. The predicted molar refractivity (Wildman–Crippen MR) is 140 cm³/mol. The van der Waals surface area contributed by atoms with Crippen LogP contribution < -0.4 is 10.6 Å². The third-order valence-corrected chi connectivity index (χ3v) is 6.53. The monoisotopic (exact) mass is 472 g/mol. The number of rotatable bonds is 8. The second kappa shape index (κ2) is 10.4. The molecule has 3 N–H and O–H groups in total. The Labute approximate surface area is 205 Å². The molecule has 1 fully saturated rings. The van der Waals surface area contributed by atoms with Crippen molar-refractivity contribution in [1.29, 1.82) is 0 Å². The number of piperidine rings is 1. The van der Waals surface area contributed by atoms with Crippen molar-refractivity contribution in [1.82, 2.24) is 19.9 Å². The number of nitrogens with zero attached hydrogens (tertiary/aromatic N) is 3. The minimum atomic E-state index is -0.00497. The first-order chi connectivity index (χ1) is 17.1. The van der Waals surface area contributed by atoms with Crippen LogP contribution in [0.1, 0.15) is 30.3 Å². The van der Waals surface area contributed by atoms with E-state index < -0.39 is 0 Å². The summed E-state index contributed by atoms with van der Waals surface area (Å²) in [6, 6.07) is 16.3. The van der Waals surface area contributed by atoms with Crippen LogP contribution >= 0.6 is 0 Å². The molecule has 1 aliphatic rings. The van der Waals surface area contributed by atoms with Crippen molar-refractivity contribution < 1.29 is 9.53 Å². The number of pyridine rings is 1. The van der Waals surface area contributed by atoms with Crippen molar-refractivity contribution in [2.45, 2.75) is 25.7 Å². The smallest absolute Gasteiger partial charge is 0.238 e. The first-order valence-corrected chi connectivity index (χ1v) is 12.2. The maximum absolute atomic E-state index is 12.8. The lowest BCUT2D eigenvalue weighted by molar-refractivity contribution is -0.117. The third-order valence-electron chi connectivity index (χ3n) is 6.53. The average molecular weight is 473 g/mol. The molecule has 0 aliphatic carbocycles. The highest BCUT2D eigenvalue weighted by molar-refractivity contribution is 5.94. The van der Waals surface area contributed by atoms with E-state index in [0.29, 0.717) is 19.7 Å². The largest absolute Gasteiger partial charge is 0.383 e. The Morgan fingerprint density at radius 2 is 2.09 bits per heavy atom. The highest BCUT2D eigenvalue weighted by Gasteiger charge is 2.25. The summed E-state index contributed by atoms with van der Waals surface area (Å²) in [5.74, 6) is 2.04. The topological polar surface area (TPSA) is 95.2 Å². The first-order valence-electron chi connectivity index (χ1n) is 12.2. The van der Waals surface area contributed by atoms with Gasteiger partial charge in [-0.1, -0.05) is 24.3 Å². The van der Waals surface area contributed by atoms with E-state index in [-0.39, 0.29) is 11.8 Å². The van der Waals surface area contributed by atoms with Gasteiger partial charge >= 0.3 is 0 Å². The number of nitrogens with one attached hydrogen (secondary N) is 3. The summed E-state index contributed by atoms with van der Waals surface area (Å²) < 4.78 is 5.20. The molecule has 2 aromatic heterocycles. The van der Waals surface area contributed by atoms with Crippen LogP contribution in [-0.4, -0.2) is 65.7 Å². The first kappa shape index (κ1) is 23.3. The van der Waals surface area contributed by atoms with Gasteiger partial charge in [0.2, 0.25) is 5.91 Å². The zero-order valence-corrected chi connectivity index (χ0v) is 20.3. The van der Waals surface area contributed by atoms with E-state index in [2.05, 4.69) is 49.8 Å². The Bertz CT molecular complexity index is 1330. The van der Waals surface area contributed by atoms with E-state index >= 15 is 0 Å². The summed E-state index contributed by atoms with van der Waals surface area (Å²) in [6.07, 6.45) is 2.11. The second-order valence-corrected chi connectivity index (χ2v) is 9.21. The lowest BCUT2D eigenvalue weighted by atomic mass is 9.93. The van der Waals surface area contributed by atoms with E-state index in [1.54, 1.807) is 7.11 Å². The zero-order chi connectivity index (χ0) is 24.2. The molecule has 0 bridgehead atoms. The molecule has 1 atom stereocenters. The van der Waals surface area contributed by atoms with Crippen molar-refractivity contribution in [2.75, 3.05) is 50.5 Å². The molecule has 0 saturated carbocycles. The molecule has 4 aromatic rings. The molecule has 1 aliphatic heterocycles. The number of aryl methyl sites for hydroxylation is 1. The second-order valence-electron chi connectivity index (χ2n) is 9.21. The Morgan fingerprint density at radius 3 is 2.97 bits per heavy atom. The Kier molecular flexibility index (Phi) is 6.92. The number of amides is 1. The molecule has 35 heavy (non-hydrogen) atoms. The highest BCUT2D eigenvalue weighted by atomic mass is 16.5. The van der Waals surface area contributed by atoms with E-state index in [9.17, 15) is 4.79 Å². The van der Waals surface area contributed by atoms with Gasteiger partial charge in [0.1, 0.15) is 11.6 Å². The van der Waals surface area contributed by atoms with Gasteiger partial charge in [0.05, 0.1) is 24.2 Å². The van der Waals surface area contributed by atoms with Gasteiger partial charge in [0.15, 0.2) is 0 Å². The van der Waals surface area contributed by atoms with Crippen LogP contribution in [-0.2, 0) is 9.53 Å². The molecule has 8 nitrogen and oxygen atoms in total. The van der Waals surface area contributed by atoms with Crippen molar-refractivity contribution in [2.24, 2.45) is 0 Å². The fraction of sp³-hybridized carbons (Fsp3) is 0.370. The Balaban J connectivity index is 1.27. The average Bonchev–Trinajstić information content (AvgIpc) is 3.23. The third kappa shape index (κ3) is 5.44. The van der Waals surface area contributed by atoms with Crippen LogP contribution in [0.15, 0.2) is 48.5 Å². The maximum atomic E-state index is 12.8. The number of H-pyrrole nitrogens is 1. The zero-order valence-electron chi connectivity index (χ0n) is 20.3. The van der Waals surface area contributed by atoms with Crippen molar-refractivity contribution >= 4 is 39.2 Å². The van der Waals surface area contributed by atoms with Gasteiger partial charge < -0.3 is 20.4 Å². The molecule has 3 heterocycles. The molecule has 5 rings (SSSR count). The summed E-state index contributed by atoms with van der Waals surface area (Å²) in [5, 5.41) is 8.77. The number of benzene rings is 2. The molecule has 1 amide bonds. The Morgan fingerprint density at radius 1 is 1.20 bits per heavy atom. The number of methoxy groups -OCH3 is 1. The van der Waals surface area contributed by atoms with Crippen LogP contribution in [0.5, 0.6) is 0 Å². The Hall–Kier alpha value is -3.49. The minimum Gasteiger partial charge on any atom is -0.383 e. The summed E-state index contributed by atoms with van der Waals surface area (Å²) in [5.41, 5.74) is 3.69. The number of carbonyl (C=O) groups excluding carboxylic acids is 1. The summed E-state index contributed by atoms with van der Waals surface area (Å²) in [6.45, 7) is 5.35. The molecule has 1 saturated heterocycles. The molecule has 0 radical (unpaired) electrons. The minimum absolute atomic E-state index is 0.00497. The van der Waals surface area contributed by atoms with Crippen LogP contribution in [0.4, 0.5) is 11.5 Å². The fourth-order valence-electron chi connectivity index (χ4n) is 4.89. The van der Waals surface area contributed by atoms with Gasteiger partial charge in [-0.15, -0.1) is 0 Å². The van der Waals surface area contributed by atoms with E-state index in [0.717, 1.165) is 65.4 Å². The van der Waals surface area contributed by atoms with Crippen LogP contribution in [0.3, 0.4) is 0 Å². The molecule has 182 valence electrons. The van der Waals surface area contributed by atoms with Crippen molar-refractivity contribution in [3.05, 3.63) is 60.0 Å². The van der Waals surface area contributed by atoms with Gasteiger partial charge in [-0.2, -0.15) is 0 Å². The standard InChI is InChI=1S/C27H32N6O2/c1-18-29-23-10-9-21(15-25(23)30-18)31-26(34)17-33-12-5-7-20(16-33)24-14-19-6-3-4-8-22(19)27(32-24)28-11-13-35-2/h3-4,6,8-10,14-15,20H,5,7,11-13,16-17H2,1-2H3,(H,28,32)(H,29,30)(H,31,34)/t20-/m1/s1. The van der Waals surface area contributed by atoms with E-state index in [1.165, 1.54) is 5.39 Å². The van der Waals surface area contributed by atoms with E-state index in [4.69, 9.17) is 9.72 Å². The number of likely N-dealkylation sites (tertiary alicyclic amines) is 1. The number of carbonyl (C=O) groups is 1. The highest BCUT2D eigenvalue weighted by Crippen LogP contribution is 2.31. The number of aromatic nitrogens is 3.